The number of carboxylic acid groups (broad SMARTS) is 2. The highest BCUT2D eigenvalue weighted by atomic mass is 16.6. The quantitative estimate of drug-likeness (QED) is 0.215. The van der Waals surface area contributed by atoms with Crippen LogP contribution in [0.5, 0.6) is 5.75 Å². The minimum Gasteiger partial charge on any atom is -0.493 e. The number of aliphatic carboxylic acids is 2. The summed E-state index contributed by atoms with van der Waals surface area (Å²) in [6, 6.07) is 4.45. The number of hydrogen-bond donors (Lipinski definition) is 3. The van der Waals surface area contributed by atoms with Gasteiger partial charge in [-0.2, -0.15) is 0 Å². The number of hydrogen-bond acceptors (Lipinski definition) is 5. The van der Waals surface area contributed by atoms with Crippen LogP contribution in [0.25, 0.3) is 0 Å². The van der Waals surface area contributed by atoms with Crippen molar-refractivity contribution in [2.75, 3.05) is 6.61 Å². The maximum absolute atomic E-state index is 12.5. The first-order valence-electron chi connectivity index (χ1n) is 13.1. The Morgan fingerprint density at radius 3 is 2.26 bits per heavy atom. The van der Waals surface area contributed by atoms with Gasteiger partial charge in [0.15, 0.2) is 0 Å². The van der Waals surface area contributed by atoms with Gasteiger partial charge >= 0.3 is 18.0 Å². The molecule has 0 spiro atoms. The van der Waals surface area contributed by atoms with Crippen molar-refractivity contribution in [3.05, 3.63) is 29.3 Å². The summed E-state index contributed by atoms with van der Waals surface area (Å²) < 4.78 is 11.2. The van der Waals surface area contributed by atoms with Gasteiger partial charge in [0.25, 0.3) is 0 Å². The zero-order valence-electron chi connectivity index (χ0n) is 20.9. The van der Waals surface area contributed by atoms with E-state index in [1.807, 2.05) is 18.2 Å². The standard InChI is InChI=1S/C27H41NO7/c1-2-3-4-5-6-7-8-9-10-11-12-24(20-13-15-23-21(19-20)17-18-34-23)35-27(33)28-22(26(31)32)14-16-25(29)30/h13,15,19,22,24H,2-12,14,16-18H2,1H3,(H,28,33)(H,29,30)(H,31,32). The molecule has 1 aliphatic rings. The fourth-order valence-electron chi connectivity index (χ4n) is 4.35. The summed E-state index contributed by atoms with van der Waals surface area (Å²) in [6.45, 7) is 2.86. The molecule has 1 aliphatic heterocycles. The van der Waals surface area contributed by atoms with Crippen LogP contribution in [-0.2, 0) is 20.7 Å². The van der Waals surface area contributed by atoms with E-state index in [-0.39, 0.29) is 12.8 Å². The van der Waals surface area contributed by atoms with Crippen LogP contribution in [0.3, 0.4) is 0 Å². The van der Waals surface area contributed by atoms with Crippen LogP contribution in [0.2, 0.25) is 0 Å². The van der Waals surface area contributed by atoms with Gasteiger partial charge in [0.05, 0.1) is 6.61 Å². The lowest BCUT2D eigenvalue weighted by molar-refractivity contribution is -0.140. The lowest BCUT2D eigenvalue weighted by Crippen LogP contribution is -2.41. The number of fused-ring (bicyclic) bond motifs is 1. The van der Waals surface area contributed by atoms with Crippen LogP contribution in [0.15, 0.2) is 18.2 Å². The van der Waals surface area contributed by atoms with E-state index < -0.39 is 30.2 Å². The first kappa shape index (κ1) is 28.5. The predicted octanol–water partition coefficient (Wildman–Crippen LogP) is 6.02. The molecule has 196 valence electrons. The molecule has 0 fully saturated rings. The number of alkyl carbamates (subject to hydrolysis) is 1. The van der Waals surface area contributed by atoms with Gasteiger partial charge in [-0.3, -0.25) is 4.79 Å². The van der Waals surface area contributed by atoms with E-state index in [1.165, 1.54) is 44.9 Å². The first-order valence-corrected chi connectivity index (χ1v) is 13.1. The highest BCUT2D eigenvalue weighted by Crippen LogP contribution is 2.32. The summed E-state index contributed by atoms with van der Waals surface area (Å²) in [5.74, 6) is -1.56. The van der Waals surface area contributed by atoms with E-state index in [0.29, 0.717) is 13.0 Å². The Hall–Kier alpha value is -2.77. The van der Waals surface area contributed by atoms with Crippen molar-refractivity contribution >= 4 is 18.0 Å². The third-order valence-corrected chi connectivity index (χ3v) is 6.39. The number of ether oxygens (including phenoxy) is 2. The molecule has 8 heteroatoms. The second kappa shape index (κ2) is 16.0. The van der Waals surface area contributed by atoms with E-state index in [0.717, 1.165) is 42.6 Å². The highest BCUT2D eigenvalue weighted by molar-refractivity contribution is 5.80. The van der Waals surface area contributed by atoms with Gasteiger partial charge < -0.3 is 25.0 Å². The van der Waals surface area contributed by atoms with E-state index in [1.54, 1.807) is 0 Å². The molecule has 3 N–H and O–H groups in total. The Kier molecular flexibility index (Phi) is 13.0. The normalized spacial score (nSPS) is 14.0. The van der Waals surface area contributed by atoms with Gasteiger partial charge in [-0.1, -0.05) is 70.8 Å². The smallest absolute Gasteiger partial charge is 0.408 e. The molecule has 2 unspecified atom stereocenters. The Morgan fingerprint density at radius 2 is 1.63 bits per heavy atom. The second-order valence-electron chi connectivity index (χ2n) is 9.30. The van der Waals surface area contributed by atoms with Crippen LogP contribution in [0.1, 0.15) is 108 Å². The van der Waals surface area contributed by atoms with Gasteiger partial charge in [0.2, 0.25) is 0 Å². The third kappa shape index (κ3) is 11.0. The molecule has 1 heterocycles. The molecule has 8 nitrogen and oxygen atoms in total. The molecular weight excluding hydrogens is 450 g/mol. The molecule has 1 aromatic rings. The van der Waals surface area contributed by atoms with Gasteiger partial charge in [-0.15, -0.1) is 0 Å². The van der Waals surface area contributed by atoms with Crippen LogP contribution >= 0.6 is 0 Å². The van der Waals surface area contributed by atoms with Crippen LogP contribution < -0.4 is 10.1 Å². The third-order valence-electron chi connectivity index (χ3n) is 6.39. The van der Waals surface area contributed by atoms with Crippen LogP contribution in [0.4, 0.5) is 4.79 Å². The number of amides is 1. The van der Waals surface area contributed by atoms with E-state index >= 15 is 0 Å². The summed E-state index contributed by atoms with van der Waals surface area (Å²) in [6.07, 6.45) is 11.5. The van der Waals surface area contributed by atoms with Gasteiger partial charge in [-0.05, 0) is 42.5 Å². The Labute approximate surface area is 208 Å². The molecule has 0 saturated carbocycles. The van der Waals surface area contributed by atoms with Crippen LogP contribution in [-0.4, -0.2) is 40.9 Å². The number of nitrogens with one attached hydrogen (secondary N) is 1. The molecule has 0 aromatic heterocycles. The molecule has 2 rings (SSSR count). The molecule has 1 amide bonds. The van der Waals surface area contributed by atoms with Crippen molar-refractivity contribution in [3.8, 4) is 5.75 Å². The van der Waals surface area contributed by atoms with Crippen molar-refractivity contribution in [3.63, 3.8) is 0 Å². The van der Waals surface area contributed by atoms with E-state index in [4.69, 9.17) is 14.6 Å². The lowest BCUT2D eigenvalue weighted by Gasteiger charge is -2.21. The first-order chi connectivity index (χ1) is 16.9. The van der Waals surface area contributed by atoms with Crippen molar-refractivity contribution in [2.45, 2.75) is 109 Å². The zero-order chi connectivity index (χ0) is 25.5. The van der Waals surface area contributed by atoms with Crippen molar-refractivity contribution in [2.24, 2.45) is 0 Å². The number of carbonyl (C=O) groups excluding carboxylic acids is 1. The fraction of sp³-hybridized carbons (Fsp3) is 0.667. The fourth-order valence-corrected chi connectivity index (χ4v) is 4.35. The minimum absolute atomic E-state index is 0.209. The van der Waals surface area contributed by atoms with E-state index in [9.17, 15) is 19.5 Å². The molecule has 1 aromatic carbocycles. The SMILES string of the molecule is CCCCCCCCCCCCC(OC(=O)NC(CCC(=O)O)C(=O)O)c1ccc2c(c1)CCO2. The Morgan fingerprint density at radius 1 is 0.971 bits per heavy atom. The summed E-state index contributed by atoms with van der Waals surface area (Å²) in [5, 5.41) is 20.5. The van der Waals surface area contributed by atoms with Gasteiger partial charge in [0.1, 0.15) is 17.9 Å². The summed E-state index contributed by atoms with van der Waals surface area (Å²) in [4.78, 5) is 34.8. The number of benzene rings is 1. The molecule has 0 radical (unpaired) electrons. The largest absolute Gasteiger partial charge is 0.493 e. The van der Waals surface area contributed by atoms with Crippen molar-refractivity contribution in [1.29, 1.82) is 0 Å². The second-order valence-corrected chi connectivity index (χ2v) is 9.30. The number of carbonyl (C=O) groups is 3. The molecular formula is C27H41NO7. The van der Waals surface area contributed by atoms with Crippen molar-refractivity contribution < 1.29 is 34.1 Å². The predicted molar refractivity (Wildman–Crippen MR) is 133 cm³/mol. The van der Waals surface area contributed by atoms with Crippen molar-refractivity contribution in [1.82, 2.24) is 5.32 Å². The number of carboxylic acids is 2. The summed E-state index contributed by atoms with van der Waals surface area (Å²) in [7, 11) is 0. The highest BCUT2D eigenvalue weighted by Gasteiger charge is 2.25. The molecule has 35 heavy (non-hydrogen) atoms. The maximum atomic E-state index is 12.5. The lowest BCUT2D eigenvalue weighted by atomic mass is 9.99. The number of unbranched alkanes of at least 4 members (excludes halogenated alkanes) is 9. The molecule has 0 aliphatic carbocycles. The topological polar surface area (TPSA) is 122 Å². The Bertz CT molecular complexity index is 811. The van der Waals surface area contributed by atoms with Gasteiger partial charge in [-0.25, -0.2) is 9.59 Å². The van der Waals surface area contributed by atoms with Gasteiger partial charge in [0, 0.05) is 12.8 Å². The molecule has 0 saturated heterocycles. The summed E-state index contributed by atoms with van der Waals surface area (Å²) in [5.41, 5.74) is 1.93. The monoisotopic (exact) mass is 491 g/mol. The zero-order valence-corrected chi connectivity index (χ0v) is 20.9. The molecule has 0 bridgehead atoms. The minimum atomic E-state index is -1.31. The average molecular weight is 492 g/mol. The Balaban J connectivity index is 1.88. The van der Waals surface area contributed by atoms with E-state index in [2.05, 4.69) is 12.2 Å². The maximum Gasteiger partial charge on any atom is 0.408 e. The number of rotatable bonds is 18. The molecule has 2 atom stereocenters. The summed E-state index contributed by atoms with van der Waals surface area (Å²) >= 11 is 0. The average Bonchev–Trinajstić information content (AvgIpc) is 3.29. The van der Waals surface area contributed by atoms with Crippen LogP contribution in [0, 0.1) is 0 Å².